The van der Waals surface area contributed by atoms with Crippen molar-refractivity contribution in [3.05, 3.63) is 65.2 Å². The number of ether oxygens (including phenoxy) is 1. The highest BCUT2D eigenvalue weighted by atomic mass is 16.5. The molecule has 0 unspecified atom stereocenters. The maximum Gasteiger partial charge on any atom is 0.397 e. The van der Waals surface area contributed by atoms with Crippen molar-refractivity contribution < 1.29 is 14.3 Å². The number of carbonyl (C=O) groups excluding carboxylic acids is 2. The Morgan fingerprint density at radius 3 is 2.37 bits per heavy atom. The first kappa shape index (κ1) is 19.2. The number of rotatable bonds is 2. The molecule has 1 heterocycles. The lowest BCUT2D eigenvalue weighted by molar-refractivity contribution is -0.153. The second-order valence-corrected chi connectivity index (χ2v) is 8.07. The molecular formula is C23H27NO3. The van der Waals surface area contributed by atoms with E-state index in [0.717, 1.165) is 16.8 Å². The third-order valence-corrected chi connectivity index (χ3v) is 5.44. The van der Waals surface area contributed by atoms with Crippen molar-refractivity contribution in [1.82, 2.24) is 0 Å². The van der Waals surface area contributed by atoms with Gasteiger partial charge >= 0.3 is 11.9 Å². The van der Waals surface area contributed by atoms with Gasteiger partial charge in [0.2, 0.25) is 0 Å². The minimum atomic E-state index is -0.804. The lowest BCUT2D eigenvalue weighted by Crippen LogP contribution is -2.57. The van der Waals surface area contributed by atoms with Crippen molar-refractivity contribution in [2.45, 2.75) is 52.0 Å². The molecule has 2 aromatic rings. The van der Waals surface area contributed by atoms with Crippen LogP contribution in [0.2, 0.25) is 0 Å². The van der Waals surface area contributed by atoms with Gasteiger partial charge in [0.05, 0.1) is 6.61 Å². The third kappa shape index (κ3) is 3.25. The molecule has 4 nitrogen and oxygen atoms in total. The van der Waals surface area contributed by atoms with Crippen LogP contribution in [0.3, 0.4) is 0 Å². The number of amides is 1. The van der Waals surface area contributed by atoms with E-state index in [1.54, 1.807) is 11.8 Å². The minimum Gasteiger partial charge on any atom is -0.459 e. The number of carbonyl (C=O) groups is 2. The highest BCUT2D eigenvalue weighted by molar-refractivity contribution is 6.38. The standard InChI is InChI=1S/C23H27NO3/c1-6-27-21(26)20(25)24-19-14-16(2)12-13-18(19)23(5,15-22(24,3)4)17-10-8-7-9-11-17/h7-14H,6,15H2,1-5H3/t23-/m1/s1. The number of nitrogens with zero attached hydrogens (tertiary/aromatic N) is 1. The largest absolute Gasteiger partial charge is 0.459 e. The van der Waals surface area contributed by atoms with Gasteiger partial charge in [-0.15, -0.1) is 0 Å². The fourth-order valence-corrected chi connectivity index (χ4v) is 4.39. The number of hydrogen-bond donors (Lipinski definition) is 0. The first-order valence-corrected chi connectivity index (χ1v) is 9.38. The molecule has 0 fully saturated rings. The van der Waals surface area contributed by atoms with E-state index < -0.39 is 17.4 Å². The zero-order chi connectivity index (χ0) is 19.8. The molecule has 1 aliphatic rings. The van der Waals surface area contributed by atoms with Crippen LogP contribution in [0.5, 0.6) is 0 Å². The van der Waals surface area contributed by atoms with Crippen LogP contribution in [-0.4, -0.2) is 24.0 Å². The summed E-state index contributed by atoms with van der Waals surface area (Å²) in [7, 11) is 0. The number of benzene rings is 2. The van der Waals surface area contributed by atoms with E-state index >= 15 is 0 Å². The van der Waals surface area contributed by atoms with Crippen LogP contribution in [-0.2, 0) is 19.7 Å². The first-order chi connectivity index (χ1) is 12.7. The quantitative estimate of drug-likeness (QED) is 0.586. The van der Waals surface area contributed by atoms with Gasteiger partial charge in [-0.1, -0.05) is 49.4 Å². The average molecular weight is 365 g/mol. The molecule has 1 aliphatic heterocycles. The highest BCUT2D eigenvalue weighted by Gasteiger charge is 2.49. The normalized spacial score (nSPS) is 20.7. The van der Waals surface area contributed by atoms with Gasteiger partial charge in [-0.2, -0.15) is 0 Å². The summed E-state index contributed by atoms with van der Waals surface area (Å²) in [6.07, 6.45) is 0.700. The number of esters is 1. The molecule has 0 N–H and O–H groups in total. The van der Waals surface area contributed by atoms with E-state index in [1.165, 1.54) is 5.56 Å². The van der Waals surface area contributed by atoms with Crippen molar-refractivity contribution in [3.8, 4) is 0 Å². The second kappa shape index (κ2) is 6.84. The fourth-order valence-electron chi connectivity index (χ4n) is 4.39. The Hall–Kier alpha value is -2.62. The lowest BCUT2D eigenvalue weighted by Gasteiger charge is -2.51. The molecule has 0 aliphatic carbocycles. The monoisotopic (exact) mass is 365 g/mol. The van der Waals surface area contributed by atoms with Crippen LogP contribution in [0.4, 0.5) is 5.69 Å². The zero-order valence-corrected chi connectivity index (χ0v) is 16.7. The van der Waals surface area contributed by atoms with Crippen molar-refractivity contribution in [2.24, 2.45) is 0 Å². The Kier molecular flexibility index (Phi) is 4.85. The van der Waals surface area contributed by atoms with Gasteiger partial charge < -0.3 is 4.74 Å². The summed E-state index contributed by atoms with van der Waals surface area (Å²) in [5.41, 5.74) is 3.27. The van der Waals surface area contributed by atoms with E-state index in [1.807, 2.05) is 45.0 Å². The molecule has 2 aromatic carbocycles. The van der Waals surface area contributed by atoms with Crippen LogP contribution in [0.1, 0.15) is 50.8 Å². The Balaban J connectivity index is 2.21. The van der Waals surface area contributed by atoms with Crippen molar-refractivity contribution in [3.63, 3.8) is 0 Å². The number of anilines is 1. The summed E-state index contributed by atoms with van der Waals surface area (Å²) in [6, 6.07) is 16.5. The smallest absolute Gasteiger partial charge is 0.397 e. The van der Waals surface area contributed by atoms with Gasteiger partial charge in [-0.05, 0) is 56.9 Å². The van der Waals surface area contributed by atoms with Crippen molar-refractivity contribution in [1.29, 1.82) is 0 Å². The predicted molar refractivity (Wildman–Crippen MR) is 107 cm³/mol. The maximum atomic E-state index is 13.0. The van der Waals surface area contributed by atoms with E-state index in [-0.39, 0.29) is 12.0 Å². The molecule has 142 valence electrons. The topological polar surface area (TPSA) is 46.6 Å². The summed E-state index contributed by atoms with van der Waals surface area (Å²) in [5, 5.41) is 0. The second-order valence-electron chi connectivity index (χ2n) is 8.07. The molecule has 27 heavy (non-hydrogen) atoms. The lowest BCUT2D eigenvalue weighted by atomic mass is 9.65. The molecule has 1 amide bonds. The van der Waals surface area contributed by atoms with Gasteiger partial charge in [0.1, 0.15) is 0 Å². The zero-order valence-electron chi connectivity index (χ0n) is 16.7. The third-order valence-electron chi connectivity index (χ3n) is 5.44. The number of fused-ring (bicyclic) bond motifs is 1. The van der Waals surface area contributed by atoms with Crippen LogP contribution in [0.15, 0.2) is 48.5 Å². The molecule has 0 saturated carbocycles. The molecule has 4 heteroatoms. The van der Waals surface area contributed by atoms with E-state index in [0.29, 0.717) is 6.42 Å². The average Bonchev–Trinajstić information content (AvgIpc) is 2.61. The van der Waals surface area contributed by atoms with Crippen LogP contribution < -0.4 is 4.90 Å². The Labute approximate surface area is 161 Å². The maximum absolute atomic E-state index is 13.0. The molecule has 1 atom stereocenters. The summed E-state index contributed by atoms with van der Waals surface area (Å²) in [5.74, 6) is -1.41. The van der Waals surface area contributed by atoms with Gasteiger partial charge in [0.15, 0.2) is 0 Å². The van der Waals surface area contributed by atoms with Crippen molar-refractivity contribution in [2.75, 3.05) is 11.5 Å². The Morgan fingerprint density at radius 1 is 1.07 bits per heavy atom. The molecule has 0 aromatic heterocycles. The van der Waals surface area contributed by atoms with Crippen molar-refractivity contribution >= 4 is 17.6 Å². The molecule has 3 rings (SSSR count). The van der Waals surface area contributed by atoms with E-state index in [2.05, 4.69) is 31.2 Å². The number of aryl methyl sites for hydroxylation is 1. The first-order valence-electron chi connectivity index (χ1n) is 9.38. The molecule has 0 bridgehead atoms. The Morgan fingerprint density at radius 2 is 1.74 bits per heavy atom. The summed E-state index contributed by atoms with van der Waals surface area (Å²) < 4.78 is 5.00. The van der Waals surface area contributed by atoms with Gasteiger partial charge in [-0.25, -0.2) is 4.79 Å². The number of hydrogen-bond acceptors (Lipinski definition) is 3. The minimum absolute atomic E-state index is 0.182. The molecule has 0 saturated heterocycles. The van der Waals surface area contributed by atoms with E-state index in [4.69, 9.17) is 4.74 Å². The van der Waals surface area contributed by atoms with Gasteiger partial charge in [0, 0.05) is 16.6 Å². The Bertz CT molecular complexity index is 872. The van der Waals surface area contributed by atoms with Crippen LogP contribution in [0.25, 0.3) is 0 Å². The van der Waals surface area contributed by atoms with Crippen LogP contribution >= 0.6 is 0 Å². The van der Waals surface area contributed by atoms with Crippen LogP contribution in [0, 0.1) is 6.92 Å². The fraction of sp³-hybridized carbons (Fsp3) is 0.391. The van der Waals surface area contributed by atoms with E-state index in [9.17, 15) is 9.59 Å². The predicted octanol–water partition coefficient (Wildman–Crippen LogP) is 4.38. The van der Waals surface area contributed by atoms with Gasteiger partial charge in [0.25, 0.3) is 0 Å². The molecular weight excluding hydrogens is 338 g/mol. The molecule has 0 radical (unpaired) electrons. The molecule has 0 spiro atoms. The summed E-state index contributed by atoms with van der Waals surface area (Å²) in [4.78, 5) is 26.8. The highest BCUT2D eigenvalue weighted by Crippen LogP contribution is 2.50. The summed E-state index contributed by atoms with van der Waals surface area (Å²) in [6.45, 7) is 10.1. The SMILES string of the molecule is CCOC(=O)C(=O)N1c2cc(C)ccc2[C@@](C)(c2ccccc2)CC1(C)C. The van der Waals surface area contributed by atoms with Gasteiger partial charge in [-0.3, -0.25) is 9.69 Å². The summed E-state index contributed by atoms with van der Waals surface area (Å²) >= 11 is 0.